The van der Waals surface area contributed by atoms with Crippen LogP contribution < -0.4 is 16.0 Å². The first-order valence-corrected chi connectivity index (χ1v) is 8.06. The molecule has 0 aromatic carbocycles. The summed E-state index contributed by atoms with van der Waals surface area (Å²) < 4.78 is 8.86. The fraction of sp³-hybridized carbons (Fsp3) is 0.750. The third kappa shape index (κ3) is 2.29. The van der Waals surface area contributed by atoms with Gasteiger partial charge >= 0.3 is 5.69 Å². The fourth-order valence-electron chi connectivity index (χ4n) is 3.72. The van der Waals surface area contributed by atoms with Gasteiger partial charge in [0.2, 0.25) is 5.88 Å². The topological polar surface area (TPSA) is 56.5 Å². The maximum atomic E-state index is 12.4. The van der Waals surface area contributed by atoms with Gasteiger partial charge in [0.1, 0.15) is 5.60 Å². The molecule has 2 aliphatic rings. The minimum absolute atomic E-state index is 0.208. The van der Waals surface area contributed by atoms with Gasteiger partial charge in [-0.2, -0.15) is 0 Å². The lowest BCUT2D eigenvalue weighted by Crippen LogP contribution is -2.38. The summed E-state index contributed by atoms with van der Waals surface area (Å²) in [6.07, 6.45) is 3.51. The van der Waals surface area contributed by atoms with E-state index in [0.29, 0.717) is 23.9 Å². The first-order valence-electron chi connectivity index (χ1n) is 8.06. The Kier molecular flexibility index (Phi) is 3.67. The molecule has 2 aliphatic heterocycles. The molecule has 6 nitrogen and oxygen atoms in total. The first kappa shape index (κ1) is 15.3. The van der Waals surface area contributed by atoms with Crippen LogP contribution in [0.2, 0.25) is 0 Å². The van der Waals surface area contributed by atoms with E-state index in [2.05, 4.69) is 18.7 Å². The second-order valence-corrected chi connectivity index (χ2v) is 6.93. The SMILES string of the molecule is CC(C)N1CCCC2(CC1)Cc1c(n(C)c(=O)n(C)c1=O)O2. The van der Waals surface area contributed by atoms with E-state index in [1.54, 1.807) is 7.05 Å². The van der Waals surface area contributed by atoms with E-state index < -0.39 is 0 Å². The predicted octanol–water partition coefficient (Wildman–Crippen LogP) is 0.652. The Labute approximate surface area is 130 Å². The van der Waals surface area contributed by atoms with Gasteiger partial charge in [0, 0.05) is 39.5 Å². The van der Waals surface area contributed by atoms with Gasteiger partial charge < -0.3 is 9.64 Å². The Morgan fingerprint density at radius 3 is 2.50 bits per heavy atom. The number of aromatic nitrogens is 2. The maximum absolute atomic E-state index is 12.4. The molecule has 3 heterocycles. The molecule has 0 amide bonds. The Bertz CT molecular complexity index is 704. The van der Waals surface area contributed by atoms with Crippen molar-refractivity contribution in [2.24, 2.45) is 14.1 Å². The van der Waals surface area contributed by atoms with Crippen LogP contribution >= 0.6 is 0 Å². The summed E-state index contributed by atoms with van der Waals surface area (Å²) in [7, 11) is 3.21. The Morgan fingerprint density at radius 2 is 1.82 bits per heavy atom. The highest BCUT2D eigenvalue weighted by atomic mass is 16.5. The lowest BCUT2D eigenvalue weighted by atomic mass is 9.90. The monoisotopic (exact) mass is 307 g/mol. The molecule has 122 valence electrons. The number of nitrogens with zero attached hydrogens (tertiary/aromatic N) is 3. The van der Waals surface area contributed by atoms with Gasteiger partial charge in [-0.25, -0.2) is 4.79 Å². The summed E-state index contributed by atoms with van der Waals surface area (Å²) >= 11 is 0. The number of hydrogen-bond donors (Lipinski definition) is 0. The van der Waals surface area contributed by atoms with Crippen LogP contribution in [-0.4, -0.2) is 38.8 Å². The maximum Gasteiger partial charge on any atom is 0.333 e. The number of fused-ring (bicyclic) bond motifs is 1. The predicted molar refractivity (Wildman–Crippen MR) is 84.5 cm³/mol. The average Bonchev–Trinajstić information content (AvgIpc) is 2.73. The highest BCUT2D eigenvalue weighted by Gasteiger charge is 2.43. The summed E-state index contributed by atoms with van der Waals surface area (Å²) in [4.78, 5) is 26.9. The van der Waals surface area contributed by atoms with Gasteiger partial charge in [0.25, 0.3) is 5.56 Å². The average molecular weight is 307 g/mol. The molecule has 0 aliphatic carbocycles. The van der Waals surface area contributed by atoms with Crippen molar-refractivity contribution in [3.8, 4) is 5.88 Å². The van der Waals surface area contributed by atoms with Crippen LogP contribution in [0.1, 0.15) is 38.7 Å². The minimum atomic E-state index is -0.321. The van der Waals surface area contributed by atoms with Gasteiger partial charge in [-0.3, -0.25) is 13.9 Å². The molecule has 1 unspecified atom stereocenters. The standard InChI is InChI=1S/C16H25N3O3/c1-11(2)19-8-5-6-16(7-9-19)10-12-13(20)17(3)15(21)18(4)14(12)22-16/h11H,5-10H2,1-4H3. The van der Waals surface area contributed by atoms with Crippen molar-refractivity contribution in [2.75, 3.05) is 13.1 Å². The molecule has 1 atom stereocenters. The van der Waals surface area contributed by atoms with E-state index in [0.717, 1.165) is 32.4 Å². The second-order valence-electron chi connectivity index (χ2n) is 6.93. The Hall–Kier alpha value is -1.56. The highest BCUT2D eigenvalue weighted by molar-refractivity contribution is 5.32. The van der Waals surface area contributed by atoms with Gasteiger partial charge in [0.05, 0.1) is 5.56 Å². The van der Waals surface area contributed by atoms with Crippen molar-refractivity contribution in [1.82, 2.24) is 14.0 Å². The summed E-state index contributed by atoms with van der Waals surface area (Å²) in [5.41, 5.74) is -0.190. The van der Waals surface area contributed by atoms with Crippen molar-refractivity contribution in [3.05, 3.63) is 26.4 Å². The van der Waals surface area contributed by atoms with Crippen molar-refractivity contribution in [3.63, 3.8) is 0 Å². The smallest absolute Gasteiger partial charge is 0.333 e. The molecule has 1 saturated heterocycles. The lowest BCUT2D eigenvalue weighted by molar-refractivity contribution is 0.0678. The van der Waals surface area contributed by atoms with E-state index in [1.165, 1.54) is 16.2 Å². The van der Waals surface area contributed by atoms with Gasteiger partial charge in [-0.15, -0.1) is 0 Å². The molecule has 6 heteroatoms. The van der Waals surface area contributed by atoms with Crippen LogP contribution in [0.5, 0.6) is 5.88 Å². The van der Waals surface area contributed by atoms with Crippen molar-refractivity contribution < 1.29 is 4.74 Å². The molecule has 1 aromatic heterocycles. The summed E-state index contributed by atoms with van der Waals surface area (Å²) in [6.45, 7) is 6.46. The third-order valence-electron chi connectivity index (χ3n) is 5.17. The molecule has 1 aromatic rings. The second kappa shape index (κ2) is 5.26. The van der Waals surface area contributed by atoms with Crippen LogP contribution in [0.15, 0.2) is 9.59 Å². The summed E-state index contributed by atoms with van der Waals surface area (Å²) in [6, 6.07) is 0.524. The van der Waals surface area contributed by atoms with Crippen LogP contribution in [0.25, 0.3) is 0 Å². The van der Waals surface area contributed by atoms with Crippen LogP contribution in [0, 0.1) is 0 Å². The molecule has 0 radical (unpaired) electrons. The Balaban J connectivity index is 1.94. The van der Waals surface area contributed by atoms with E-state index in [-0.39, 0.29) is 16.9 Å². The highest BCUT2D eigenvalue weighted by Crippen LogP contribution is 2.38. The number of rotatable bonds is 1. The fourth-order valence-corrected chi connectivity index (χ4v) is 3.72. The van der Waals surface area contributed by atoms with E-state index >= 15 is 0 Å². The molecule has 0 bridgehead atoms. The number of ether oxygens (including phenoxy) is 1. The molecular weight excluding hydrogens is 282 g/mol. The largest absolute Gasteiger partial charge is 0.471 e. The third-order valence-corrected chi connectivity index (χ3v) is 5.17. The molecule has 0 saturated carbocycles. The molecule has 22 heavy (non-hydrogen) atoms. The van der Waals surface area contributed by atoms with Crippen molar-refractivity contribution in [2.45, 2.75) is 51.2 Å². The summed E-state index contributed by atoms with van der Waals surface area (Å²) in [5, 5.41) is 0. The molecule has 1 spiro atoms. The quantitative estimate of drug-likeness (QED) is 0.764. The zero-order chi connectivity index (χ0) is 16.1. The molecule has 1 fully saturated rings. The van der Waals surface area contributed by atoms with Crippen LogP contribution in [0.4, 0.5) is 0 Å². The lowest BCUT2D eigenvalue weighted by Gasteiger charge is -2.28. The van der Waals surface area contributed by atoms with Gasteiger partial charge in [-0.1, -0.05) is 0 Å². The zero-order valence-corrected chi connectivity index (χ0v) is 13.9. The summed E-state index contributed by atoms with van der Waals surface area (Å²) in [5.74, 6) is 0.478. The van der Waals surface area contributed by atoms with E-state index in [1.807, 2.05) is 0 Å². The van der Waals surface area contributed by atoms with Crippen LogP contribution in [-0.2, 0) is 20.5 Å². The van der Waals surface area contributed by atoms with Crippen LogP contribution in [0.3, 0.4) is 0 Å². The van der Waals surface area contributed by atoms with Crippen molar-refractivity contribution >= 4 is 0 Å². The normalized spacial score (nSPS) is 25.3. The molecule has 0 N–H and O–H groups in total. The van der Waals surface area contributed by atoms with Crippen molar-refractivity contribution in [1.29, 1.82) is 0 Å². The molecular formula is C16H25N3O3. The minimum Gasteiger partial charge on any atom is -0.471 e. The Morgan fingerprint density at radius 1 is 1.09 bits per heavy atom. The van der Waals surface area contributed by atoms with E-state index in [9.17, 15) is 9.59 Å². The van der Waals surface area contributed by atoms with E-state index in [4.69, 9.17) is 4.74 Å². The number of likely N-dealkylation sites (tertiary alicyclic amines) is 1. The zero-order valence-electron chi connectivity index (χ0n) is 13.9. The van der Waals surface area contributed by atoms with Gasteiger partial charge in [0.15, 0.2) is 0 Å². The number of hydrogen-bond acceptors (Lipinski definition) is 4. The van der Waals surface area contributed by atoms with Gasteiger partial charge in [-0.05, 0) is 33.2 Å². The molecule has 3 rings (SSSR count). The first-order chi connectivity index (χ1) is 10.3.